The molecule has 2 amide bonds. The summed E-state index contributed by atoms with van der Waals surface area (Å²) in [5, 5.41) is 11.3. The summed E-state index contributed by atoms with van der Waals surface area (Å²) in [7, 11) is 0. The second kappa shape index (κ2) is 7.48. The van der Waals surface area contributed by atoms with Crippen LogP contribution in [0.15, 0.2) is 4.42 Å². The van der Waals surface area contributed by atoms with Crippen molar-refractivity contribution in [3.05, 3.63) is 11.8 Å². The van der Waals surface area contributed by atoms with Gasteiger partial charge in [0.15, 0.2) is 0 Å². The summed E-state index contributed by atoms with van der Waals surface area (Å²) in [4.78, 5) is 25.6. The SMILES string of the molecule is CC(=O)N1C[C@H](C)CC[C@H]1c1nnc(C2CC(NC(=O)OC(C)(C)C)C2)o1. The van der Waals surface area contributed by atoms with Crippen LogP contribution in [0.25, 0.3) is 0 Å². The first-order valence-corrected chi connectivity index (χ1v) is 9.72. The molecule has 1 aliphatic heterocycles. The van der Waals surface area contributed by atoms with E-state index in [9.17, 15) is 9.59 Å². The van der Waals surface area contributed by atoms with E-state index < -0.39 is 11.7 Å². The number of rotatable bonds is 3. The van der Waals surface area contributed by atoms with Crippen molar-refractivity contribution in [3.8, 4) is 0 Å². The Morgan fingerprint density at radius 3 is 2.48 bits per heavy atom. The van der Waals surface area contributed by atoms with Gasteiger partial charge in [-0.2, -0.15) is 0 Å². The monoisotopic (exact) mass is 378 g/mol. The van der Waals surface area contributed by atoms with Gasteiger partial charge in [-0.1, -0.05) is 6.92 Å². The second-order valence-electron chi connectivity index (χ2n) is 8.86. The lowest BCUT2D eigenvalue weighted by atomic mass is 9.80. The molecular weight excluding hydrogens is 348 g/mol. The predicted octanol–water partition coefficient (Wildman–Crippen LogP) is 3.16. The Labute approximate surface area is 160 Å². The highest BCUT2D eigenvalue weighted by atomic mass is 16.6. The van der Waals surface area contributed by atoms with Crippen LogP contribution in [0, 0.1) is 5.92 Å². The highest BCUT2D eigenvalue weighted by Crippen LogP contribution is 2.38. The van der Waals surface area contributed by atoms with Crippen LogP contribution in [-0.4, -0.2) is 45.3 Å². The average Bonchev–Trinajstić information content (AvgIpc) is 2.97. The third-order valence-electron chi connectivity index (χ3n) is 5.17. The summed E-state index contributed by atoms with van der Waals surface area (Å²) in [6.45, 7) is 9.98. The Hall–Kier alpha value is -2.12. The van der Waals surface area contributed by atoms with Crippen molar-refractivity contribution in [3.63, 3.8) is 0 Å². The molecule has 2 heterocycles. The normalized spacial score (nSPS) is 28.4. The number of likely N-dealkylation sites (tertiary alicyclic amines) is 1. The van der Waals surface area contributed by atoms with Gasteiger partial charge in [-0.15, -0.1) is 10.2 Å². The zero-order valence-corrected chi connectivity index (χ0v) is 16.8. The topological polar surface area (TPSA) is 97.6 Å². The zero-order valence-electron chi connectivity index (χ0n) is 16.8. The molecule has 1 saturated carbocycles. The summed E-state index contributed by atoms with van der Waals surface area (Å²) in [5.41, 5.74) is -0.505. The number of nitrogens with zero attached hydrogens (tertiary/aromatic N) is 3. The van der Waals surface area contributed by atoms with E-state index in [1.165, 1.54) is 0 Å². The summed E-state index contributed by atoms with van der Waals surface area (Å²) >= 11 is 0. The van der Waals surface area contributed by atoms with Crippen molar-refractivity contribution >= 4 is 12.0 Å². The van der Waals surface area contributed by atoms with Gasteiger partial charge in [0.2, 0.25) is 17.7 Å². The van der Waals surface area contributed by atoms with Crippen LogP contribution in [0.3, 0.4) is 0 Å². The van der Waals surface area contributed by atoms with E-state index >= 15 is 0 Å². The van der Waals surface area contributed by atoms with Crippen molar-refractivity contribution in [1.29, 1.82) is 0 Å². The minimum absolute atomic E-state index is 0.0385. The largest absolute Gasteiger partial charge is 0.444 e. The summed E-state index contributed by atoms with van der Waals surface area (Å²) < 4.78 is 11.2. The van der Waals surface area contributed by atoms with Crippen LogP contribution >= 0.6 is 0 Å². The standard InChI is InChI=1S/C19H30N4O4/c1-11-6-7-15(23(10-11)12(2)24)17-22-21-16(26-17)13-8-14(9-13)20-18(25)27-19(3,4)5/h11,13-15H,6-10H2,1-5H3,(H,20,25)/t11-,13?,14?,15+/m1/s1. The summed E-state index contributed by atoms with van der Waals surface area (Å²) in [5.74, 6) is 1.78. The molecule has 0 aromatic carbocycles. The molecule has 1 aliphatic carbocycles. The van der Waals surface area contributed by atoms with E-state index in [2.05, 4.69) is 22.4 Å². The van der Waals surface area contributed by atoms with Crippen molar-refractivity contribution in [2.75, 3.05) is 6.54 Å². The van der Waals surface area contributed by atoms with Gasteiger partial charge in [-0.3, -0.25) is 4.79 Å². The number of piperidine rings is 1. The van der Waals surface area contributed by atoms with Crippen LogP contribution in [0.5, 0.6) is 0 Å². The molecular formula is C19H30N4O4. The predicted molar refractivity (Wildman–Crippen MR) is 98.0 cm³/mol. The maximum absolute atomic E-state index is 12.0. The number of hydrogen-bond donors (Lipinski definition) is 1. The van der Waals surface area contributed by atoms with Crippen molar-refractivity contribution < 1.29 is 18.7 Å². The van der Waals surface area contributed by atoms with Crippen molar-refractivity contribution in [2.24, 2.45) is 5.92 Å². The lowest BCUT2D eigenvalue weighted by molar-refractivity contribution is -0.134. The Morgan fingerprint density at radius 1 is 1.19 bits per heavy atom. The molecule has 0 radical (unpaired) electrons. The van der Waals surface area contributed by atoms with Crippen LogP contribution in [-0.2, 0) is 9.53 Å². The van der Waals surface area contributed by atoms with Gasteiger partial charge < -0.3 is 19.4 Å². The number of aromatic nitrogens is 2. The van der Waals surface area contributed by atoms with E-state index in [0.717, 1.165) is 32.2 Å². The number of alkyl carbamates (subject to hydrolysis) is 1. The molecule has 1 aromatic heterocycles. The summed E-state index contributed by atoms with van der Waals surface area (Å²) in [6, 6.07) is -0.0693. The quantitative estimate of drug-likeness (QED) is 0.868. The van der Waals surface area contributed by atoms with Crippen LogP contribution in [0.4, 0.5) is 4.79 Å². The van der Waals surface area contributed by atoms with Gasteiger partial charge >= 0.3 is 6.09 Å². The van der Waals surface area contributed by atoms with Crippen molar-refractivity contribution in [2.45, 2.75) is 83.9 Å². The van der Waals surface area contributed by atoms with Crippen LogP contribution < -0.4 is 5.32 Å². The lowest BCUT2D eigenvalue weighted by Gasteiger charge is -2.36. The molecule has 8 heteroatoms. The number of ether oxygens (including phenoxy) is 1. The Kier molecular flexibility index (Phi) is 5.44. The fraction of sp³-hybridized carbons (Fsp3) is 0.789. The van der Waals surface area contributed by atoms with Gasteiger partial charge in [0, 0.05) is 25.4 Å². The number of carbonyl (C=O) groups excluding carboxylic acids is 2. The smallest absolute Gasteiger partial charge is 0.407 e. The van der Waals surface area contributed by atoms with Gasteiger partial charge in [0.1, 0.15) is 11.6 Å². The van der Waals surface area contributed by atoms with E-state index in [1.807, 2.05) is 25.7 Å². The Balaban J connectivity index is 1.55. The van der Waals surface area contributed by atoms with Crippen LogP contribution in [0.1, 0.15) is 84.0 Å². The van der Waals surface area contributed by atoms with Gasteiger partial charge in [0.05, 0.1) is 0 Å². The number of nitrogens with one attached hydrogen (secondary N) is 1. The van der Waals surface area contributed by atoms with Crippen LogP contribution in [0.2, 0.25) is 0 Å². The number of amides is 2. The highest BCUT2D eigenvalue weighted by Gasteiger charge is 2.38. The summed E-state index contributed by atoms with van der Waals surface area (Å²) in [6.07, 6.45) is 2.98. The van der Waals surface area contributed by atoms with E-state index in [1.54, 1.807) is 6.92 Å². The van der Waals surface area contributed by atoms with Crippen molar-refractivity contribution in [1.82, 2.24) is 20.4 Å². The maximum atomic E-state index is 12.0. The number of hydrogen-bond acceptors (Lipinski definition) is 6. The first-order valence-electron chi connectivity index (χ1n) is 9.72. The Bertz CT molecular complexity index is 690. The molecule has 1 saturated heterocycles. The molecule has 3 rings (SSSR count). The first kappa shape index (κ1) is 19.6. The molecule has 8 nitrogen and oxygen atoms in total. The van der Waals surface area contributed by atoms with E-state index in [0.29, 0.717) is 17.7 Å². The maximum Gasteiger partial charge on any atom is 0.407 e. The minimum Gasteiger partial charge on any atom is -0.444 e. The lowest BCUT2D eigenvalue weighted by Crippen LogP contribution is -2.45. The average molecular weight is 378 g/mol. The molecule has 150 valence electrons. The third kappa shape index (κ3) is 4.78. The fourth-order valence-electron chi connectivity index (χ4n) is 3.72. The third-order valence-corrected chi connectivity index (χ3v) is 5.17. The molecule has 1 aromatic rings. The molecule has 0 unspecified atom stereocenters. The highest BCUT2D eigenvalue weighted by molar-refractivity contribution is 5.73. The molecule has 2 atom stereocenters. The van der Waals surface area contributed by atoms with Gasteiger partial charge in [-0.25, -0.2) is 4.79 Å². The number of carbonyl (C=O) groups is 2. The zero-order chi connectivity index (χ0) is 19.8. The molecule has 1 N–H and O–H groups in total. The molecule has 2 aliphatic rings. The van der Waals surface area contributed by atoms with E-state index in [4.69, 9.17) is 9.15 Å². The second-order valence-corrected chi connectivity index (χ2v) is 8.86. The first-order chi connectivity index (χ1) is 12.6. The molecule has 27 heavy (non-hydrogen) atoms. The minimum atomic E-state index is -0.505. The molecule has 2 fully saturated rings. The van der Waals surface area contributed by atoms with Gasteiger partial charge in [-0.05, 0) is 52.4 Å². The van der Waals surface area contributed by atoms with Gasteiger partial charge in [0.25, 0.3) is 0 Å². The molecule has 0 spiro atoms. The Morgan fingerprint density at radius 2 is 1.85 bits per heavy atom. The molecule has 0 bridgehead atoms. The fourth-order valence-corrected chi connectivity index (χ4v) is 3.72. The van der Waals surface area contributed by atoms with E-state index in [-0.39, 0.29) is 23.9 Å².